The molecule has 4 atom stereocenters. The highest BCUT2D eigenvalue weighted by Gasteiger charge is 2.28. The van der Waals surface area contributed by atoms with Crippen molar-refractivity contribution in [3.8, 4) is 0 Å². The van der Waals surface area contributed by atoms with Crippen LogP contribution in [0.5, 0.6) is 0 Å². The van der Waals surface area contributed by atoms with Crippen LogP contribution in [0.4, 0.5) is 0 Å². The minimum Gasteiger partial charge on any atom is -0.348 e. The van der Waals surface area contributed by atoms with E-state index in [0.717, 1.165) is 19.3 Å². The van der Waals surface area contributed by atoms with E-state index in [-0.39, 0.29) is 17.9 Å². The first-order chi connectivity index (χ1) is 9.54. The van der Waals surface area contributed by atoms with Gasteiger partial charge in [0.1, 0.15) is 0 Å². The Kier molecular flexibility index (Phi) is 4.81. The van der Waals surface area contributed by atoms with Crippen molar-refractivity contribution in [1.82, 2.24) is 5.32 Å². The summed E-state index contributed by atoms with van der Waals surface area (Å²) >= 11 is 0. The number of fused-ring (bicyclic) bond motifs is 1. The molecule has 1 aliphatic rings. The molecule has 4 unspecified atom stereocenters. The molecule has 0 aromatic heterocycles. The van der Waals surface area contributed by atoms with E-state index in [1.54, 1.807) is 0 Å². The number of amides is 1. The number of hydrogen-bond donors (Lipinski definition) is 2. The Labute approximate surface area is 121 Å². The molecule has 0 aliphatic heterocycles. The van der Waals surface area contributed by atoms with Crippen molar-refractivity contribution < 1.29 is 4.79 Å². The second kappa shape index (κ2) is 6.40. The van der Waals surface area contributed by atoms with Crippen LogP contribution in [-0.2, 0) is 4.79 Å². The molecule has 1 aromatic carbocycles. The number of benzene rings is 1. The predicted molar refractivity (Wildman–Crippen MR) is 82.4 cm³/mol. The maximum Gasteiger partial charge on any atom is 0.237 e. The molecule has 1 aliphatic carbocycles. The fourth-order valence-electron chi connectivity index (χ4n) is 2.93. The van der Waals surface area contributed by atoms with Crippen LogP contribution < -0.4 is 11.1 Å². The van der Waals surface area contributed by atoms with Crippen molar-refractivity contribution in [1.29, 1.82) is 0 Å². The van der Waals surface area contributed by atoms with Crippen LogP contribution in [0.3, 0.4) is 0 Å². The molecule has 3 N–H and O–H groups in total. The zero-order valence-electron chi connectivity index (χ0n) is 12.7. The molecule has 0 fully saturated rings. The molecule has 0 heterocycles. The summed E-state index contributed by atoms with van der Waals surface area (Å²) < 4.78 is 0. The van der Waals surface area contributed by atoms with E-state index >= 15 is 0 Å². The van der Waals surface area contributed by atoms with Crippen molar-refractivity contribution in [2.24, 2.45) is 11.7 Å². The minimum absolute atomic E-state index is 0.0197. The number of nitrogens with two attached hydrogens (primary N) is 1. The lowest BCUT2D eigenvalue weighted by Gasteiger charge is -2.31. The van der Waals surface area contributed by atoms with Crippen molar-refractivity contribution >= 4 is 5.91 Å². The highest BCUT2D eigenvalue weighted by atomic mass is 16.2. The summed E-state index contributed by atoms with van der Waals surface area (Å²) in [6.45, 7) is 6.35. The third-order valence-corrected chi connectivity index (χ3v) is 4.67. The normalized spacial score (nSPS) is 24.6. The predicted octanol–water partition coefficient (Wildman–Crippen LogP) is 3.11. The van der Waals surface area contributed by atoms with Crippen molar-refractivity contribution in [2.45, 2.75) is 58.0 Å². The molecule has 1 aromatic rings. The van der Waals surface area contributed by atoms with Gasteiger partial charge >= 0.3 is 0 Å². The molecule has 1 amide bonds. The molecule has 0 saturated carbocycles. The topological polar surface area (TPSA) is 55.1 Å². The quantitative estimate of drug-likeness (QED) is 0.886. The van der Waals surface area contributed by atoms with Crippen LogP contribution >= 0.6 is 0 Å². The van der Waals surface area contributed by atoms with Gasteiger partial charge in [-0.15, -0.1) is 0 Å². The summed E-state index contributed by atoms with van der Waals surface area (Å²) in [5, 5.41) is 3.15. The lowest BCUT2D eigenvalue weighted by atomic mass is 9.81. The zero-order valence-corrected chi connectivity index (χ0v) is 12.7. The van der Waals surface area contributed by atoms with Gasteiger partial charge in [0.05, 0.1) is 12.1 Å². The Balaban J connectivity index is 2.11. The summed E-state index contributed by atoms with van der Waals surface area (Å²) in [6.07, 6.45) is 3.03. The third-order valence-electron chi connectivity index (χ3n) is 4.67. The molecule has 3 heteroatoms. The zero-order chi connectivity index (χ0) is 14.7. The molecule has 0 radical (unpaired) electrons. The number of hydrogen-bond acceptors (Lipinski definition) is 2. The maximum absolute atomic E-state index is 12.3. The minimum atomic E-state index is -0.411. The van der Waals surface area contributed by atoms with E-state index in [9.17, 15) is 4.79 Å². The first kappa shape index (κ1) is 15.0. The van der Waals surface area contributed by atoms with E-state index < -0.39 is 6.04 Å². The van der Waals surface area contributed by atoms with Crippen LogP contribution in [0.15, 0.2) is 24.3 Å². The van der Waals surface area contributed by atoms with Gasteiger partial charge in [-0.05, 0) is 35.8 Å². The summed E-state index contributed by atoms with van der Waals surface area (Å²) in [6, 6.07) is 8.13. The SMILES string of the molecule is CCC(C)C(N)C(=O)NC1CCC(C)c2ccccc21. The second-order valence-electron chi connectivity index (χ2n) is 6.08. The van der Waals surface area contributed by atoms with Crippen molar-refractivity contribution in [3.05, 3.63) is 35.4 Å². The first-order valence-electron chi connectivity index (χ1n) is 7.69. The number of carbonyl (C=O) groups excluding carboxylic acids is 1. The Bertz CT molecular complexity index is 472. The molecule has 0 saturated heterocycles. The van der Waals surface area contributed by atoms with E-state index in [1.165, 1.54) is 11.1 Å². The molecular weight excluding hydrogens is 248 g/mol. The molecule has 20 heavy (non-hydrogen) atoms. The van der Waals surface area contributed by atoms with E-state index in [0.29, 0.717) is 5.92 Å². The molecular formula is C17H26N2O. The van der Waals surface area contributed by atoms with Crippen LogP contribution in [0.2, 0.25) is 0 Å². The van der Waals surface area contributed by atoms with Gasteiger partial charge in [0.2, 0.25) is 5.91 Å². The number of rotatable bonds is 4. The molecule has 2 rings (SSSR count). The van der Waals surface area contributed by atoms with E-state index in [2.05, 4.69) is 37.4 Å². The summed E-state index contributed by atoms with van der Waals surface area (Å²) in [7, 11) is 0. The van der Waals surface area contributed by atoms with Gasteiger partial charge < -0.3 is 11.1 Å². The van der Waals surface area contributed by atoms with Gasteiger partial charge in [-0.1, -0.05) is 51.5 Å². The van der Waals surface area contributed by atoms with Gasteiger partial charge in [0, 0.05) is 0 Å². The molecule has 110 valence electrons. The Morgan fingerprint density at radius 1 is 1.35 bits per heavy atom. The van der Waals surface area contributed by atoms with Gasteiger partial charge in [0.25, 0.3) is 0 Å². The summed E-state index contributed by atoms with van der Waals surface area (Å²) in [5.74, 6) is 0.768. The largest absolute Gasteiger partial charge is 0.348 e. The van der Waals surface area contributed by atoms with Crippen LogP contribution in [0.1, 0.15) is 63.1 Å². The Morgan fingerprint density at radius 2 is 2.00 bits per heavy atom. The van der Waals surface area contributed by atoms with E-state index in [1.807, 2.05) is 13.0 Å². The highest BCUT2D eigenvalue weighted by Crippen LogP contribution is 2.36. The van der Waals surface area contributed by atoms with E-state index in [4.69, 9.17) is 5.73 Å². The summed E-state index contributed by atoms with van der Waals surface area (Å²) in [5.41, 5.74) is 8.65. The lowest BCUT2D eigenvalue weighted by molar-refractivity contribution is -0.124. The molecule has 0 bridgehead atoms. The van der Waals surface area contributed by atoms with Crippen LogP contribution in [0.25, 0.3) is 0 Å². The fraction of sp³-hybridized carbons (Fsp3) is 0.588. The number of carbonyl (C=O) groups is 1. The number of nitrogens with one attached hydrogen (secondary N) is 1. The van der Waals surface area contributed by atoms with Crippen LogP contribution in [-0.4, -0.2) is 11.9 Å². The monoisotopic (exact) mass is 274 g/mol. The summed E-state index contributed by atoms with van der Waals surface area (Å²) in [4.78, 5) is 12.3. The van der Waals surface area contributed by atoms with Gasteiger partial charge in [-0.25, -0.2) is 0 Å². The smallest absolute Gasteiger partial charge is 0.237 e. The van der Waals surface area contributed by atoms with Gasteiger partial charge in [-0.3, -0.25) is 4.79 Å². The van der Waals surface area contributed by atoms with Gasteiger partial charge in [-0.2, -0.15) is 0 Å². The average Bonchev–Trinajstić information content (AvgIpc) is 2.48. The standard InChI is InChI=1S/C17H26N2O/c1-4-11(2)16(18)17(20)19-15-10-9-12(3)13-7-5-6-8-14(13)15/h5-8,11-12,15-16H,4,9-10,18H2,1-3H3,(H,19,20). The van der Waals surface area contributed by atoms with Crippen molar-refractivity contribution in [2.75, 3.05) is 0 Å². The second-order valence-corrected chi connectivity index (χ2v) is 6.08. The maximum atomic E-state index is 12.3. The average molecular weight is 274 g/mol. The lowest BCUT2D eigenvalue weighted by Crippen LogP contribution is -2.46. The highest BCUT2D eigenvalue weighted by molar-refractivity contribution is 5.82. The Morgan fingerprint density at radius 3 is 2.65 bits per heavy atom. The van der Waals surface area contributed by atoms with Gasteiger partial charge in [0.15, 0.2) is 0 Å². The first-order valence-corrected chi connectivity index (χ1v) is 7.69. The molecule has 3 nitrogen and oxygen atoms in total. The Hall–Kier alpha value is -1.35. The van der Waals surface area contributed by atoms with Crippen LogP contribution in [0, 0.1) is 5.92 Å². The fourth-order valence-corrected chi connectivity index (χ4v) is 2.93. The third kappa shape index (κ3) is 3.04. The van der Waals surface area contributed by atoms with Crippen molar-refractivity contribution in [3.63, 3.8) is 0 Å². The molecule has 0 spiro atoms.